The Morgan fingerprint density at radius 2 is 1.95 bits per heavy atom. The topological polar surface area (TPSA) is 55.1 Å². The van der Waals surface area contributed by atoms with Gasteiger partial charge < -0.3 is 11.1 Å². The minimum atomic E-state index is -0.357. The first-order chi connectivity index (χ1) is 9.27. The second kappa shape index (κ2) is 7.29. The van der Waals surface area contributed by atoms with Crippen LogP contribution in [-0.2, 0) is 4.79 Å². The molecule has 0 aliphatic heterocycles. The predicted molar refractivity (Wildman–Crippen MR) is 77.6 cm³/mol. The quantitative estimate of drug-likeness (QED) is 0.741. The summed E-state index contributed by atoms with van der Waals surface area (Å²) in [5, 5.41) is 3.28. The molecule has 0 spiro atoms. The van der Waals surface area contributed by atoms with Gasteiger partial charge in [-0.15, -0.1) is 0 Å². The molecule has 0 saturated heterocycles. The molecule has 1 aliphatic rings. The third-order valence-corrected chi connectivity index (χ3v) is 4.03. The van der Waals surface area contributed by atoms with Gasteiger partial charge in [-0.05, 0) is 30.9 Å². The third-order valence-electron chi connectivity index (χ3n) is 4.03. The second-order valence-corrected chi connectivity index (χ2v) is 5.49. The maximum absolute atomic E-state index is 11.5. The maximum Gasteiger partial charge on any atom is 0.239 e. The van der Waals surface area contributed by atoms with E-state index in [1.54, 1.807) is 0 Å². The first kappa shape index (κ1) is 14.1. The molecule has 1 fully saturated rings. The molecule has 3 nitrogen and oxygen atoms in total. The van der Waals surface area contributed by atoms with Crippen molar-refractivity contribution in [3.05, 3.63) is 35.9 Å². The normalized spacial score (nSPS) is 17.5. The highest BCUT2D eigenvalue weighted by Crippen LogP contribution is 2.28. The van der Waals surface area contributed by atoms with Gasteiger partial charge in [-0.3, -0.25) is 4.79 Å². The predicted octanol–water partition coefficient (Wildman–Crippen LogP) is 2.77. The number of carbonyl (C=O) groups excluding carboxylic acids is 1. The molecule has 0 bridgehead atoms. The summed E-state index contributed by atoms with van der Waals surface area (Å²) in [5.41, 5.74) is 6.43. The zero-order valence-corrected chi connectivity index (χ0v) is 11.5. The van der Waals surface area contributed by atoms with Crippen molar-refractivity contribution in [2.45, 2.75) is 44.6 Å². The largest absolute Gasteiger partial charge is 0.368 e. The number of nitrogens with one attached hydrogen (secondary N) is 1. The molecule has 1 unspecified atom stereocenters. The number of hydrogen-bond donors (Lipinski definition) is 2. The van der Waals surface area contributed by atoms with Crippen molar-refractivity contribution in [3.8, 4) is 0 Å². The zero-order valence-electron chi connectivity index (χ0n) is 11.5. The molecule has 0 radical (unpaired) electrons. The summed E-state index contributed by atoms with van der Waals surface area (Å²) in [6, 6.07) is 9.35. The first-order valence-electron chi connectivity index (χ1n) is 7.35. The number of primary amides is 1. The number of amides is 1. The monoisotopic (exact) mass is 260 g/mol. The van der Waals surface area contributed by atoms with E-state index in [2.05, 4.69) is 5.32 Å². The Bertz CT molecular complexity index is 385. The number of rotatable bonds is 7. The molecule has 3 heteroatoms. The molecule has 0 aromatic heterocycles. The lowest BCUT2D eigenvalue weighted by Crippen LogP contribution is -2.34. The minimum Gasteiger partial charge on any atom is -0.368 e. The van der Waals surface area contributed by atoms with E-state index in [0.29, 0.717) is 0 Å². The second-order valence-electron chi connectivity index (χ2n) is 5.49. The molecule has 1 amide bonds. The summed E-state index contributed by atoms with van der Waals surface area (Å²) in [6.45, 7) is 0.860. The number of carbonyl (C=O) groups is 1. The highest BCUT2D eigenvalue weighted by molar-refractivity contribution is 5.81. The smallest absolute Gasteiger partial charge is 0.239 e. The van der Waals surface area contributed by atoms with Crippen LogP contribution in [0.5, 0.6) is 0 Å². The highest BCUT2D eigenvalue weighted by atomic mass is 16.1. The van der Waals surface area contributed by atoms with Crippen LogP contribution in [0.2, 0.25) is 0 Å². The lowest BCUT2D eigenvalue weighted by atomic mass is 10.0. The molecule has 1 atom stereocenters. The van der Waals surface area contributed by atoms with Crippen LogP contribution >= 0.6 is 0 Å². The van der Waals surface area contributed by atoms with E-state index in [4.69, 9.17) is 5.73 Å². The van der Waals surface area contributed by atoms with Gasteiger partial charge in [0.2, 0.25) is 5.91 Å². The molecule has 1 aromatic rings. The molecule has 19 heavy (non-hydrogen) atoms. The fourth-order valence-corrected chi connectivity index (χ4v) is 2.96. The molecule has 3 N–H and O–H groups in total. The van der Waals surface area contributed by atoms with Gasteiger partial charge >= 0.3 is 0 Å². The fraction of sp³-hybridized carbons (Fsp3) is 0.562. The molecule has 1 aliphatic carbocycles. The van der Waals surface area contributed by atoms with Gasteiger partial charge in [0, 0.05) is 0 Å². The van der Waals surface area contributed by atoms with Crippen LogP contribution in [0, 0.1) is 5.92 Å². The van der Waals surface area contributed by atoms with Crippen LogP contribution in [0.15, 0.2) is 30.3 Å². The van der Waals surface area contributed by atoms with E-state index in [1.807, 2.05) is 30.3 Å². The van der Waals surface area contributed by atoms with Crippen LogP contribution in [0.1, 0.15) is 50.1 Å². The Morgan fingerprint density at radius 3 is 2.58 bits per heavy atom. The van der Waals surface area contributed by atoms with Gasteiger partial charge in [-0.1, -0.05) is 56.0 Å². The van der Waals surface area contributed by atoms with E-state index in [1.165, 1.54) is 32.1 Å². The van der Waals surface area contributed by atoms with Crippen LogP contribution in [-0.4, -0.2) is 12.5 Å². The molecule has 1 saturated carbocycles. The Morgan fingerprint density at radius 1 is 1.26 bits per heavy atom. The first-order valence-corrected chi connectivity index (χ1v) is 7.35. The summed E-state index contributed by atoms with van der Waals surface area (Å²) >= 11 is 0. The highest BCUT2D eigenvalue weighted by Gasteiger charge is 2.17. The van der Waals surface area contributed by atoms with Gasteiger partial charge in [0.05, 0.1) is 0 Å². The standard InChI is InChI=1S/C16H24N2O/c17-16(19)15(14-10-2-1-3-11-14)18-12-6-9-13-7-4-5-8-13/h1-3,10-11,13,15,18H,4-9,12H2,(H2,17,19). The summed E-state index contributed by atoms with van der Waals surface area (Å²) in [7, 11) is 0. The third kappa shape index (κ3) is 4.35. The SMILES string of the molecule is NC(=O)C(NCCCC1CCCC1)c1ccccc1. The Hall–Kier alpha value is -1.35. The van der Waals surface area contributed by atoms with E-state index in [-0.39, 0.29) is 11.9 Å². The van der Waals surface area contributed by atoms with Crippen molar-refractivity contribution in [3.63, 3.8) is 0 Å². The van der Waals surface area contributed by atoms with Crippen molar-refractivity contribution >= 4 is 5.91 Å². The maximum atomic E-state index is 11.5. The van der Waals surface area contributed by atoms with Crippen molar-refractivity contribution in [2.24, 2.45) is 11.7 Å². The summed E-state index contributed by atoms with van der Waals surface area (Å²) in [4.78, 5) is 11.5. The Balaban J connectivity index is 1.76. The van der Waals surface area contributed by atoms with Crippen LogP contribution in [0.3, 0.4) is 0 Å². The molecule has 104 valence electrons. The molecular weight excluding hydrogens is 236 g/mol. The van der Waals surface area contributed by atoms with E-state index in [9.17, 15) is 4.79 Å². The summed E-state index contributed by atoms with van der Waals surface area (Å²) in [6.07, 6.45) is 7.96. The summed E-state index contributed by atoms with van der Waals surface area (Å²) in [5.74, 6) is 0.609. The lowest BCUT2D eigenvalue weighted by molar-refractivity contribution is -0.120. The Labute approximate surface area is 115 Å². The fourth-order valence-electron chi connectivity index (χ4n) is 2.96. The van der Waals surface area contributed by atoms with Crippen molar-refractivity contribution in [1.82, 2.24) is 5.32 Å². The van der Waals surface area contributed by atoms with Crippen LogP contribution in [0.4, 0.5) is 0 Å². The van der Waals surface area contributed by atoms with Gasteiger partial charge in [0.15, 0.2) is 0 Å². The molecule has 2 rings (SSSR count). The number of benzene rings is 1. The van der Waals surface area contributed by atoms with Crippen molar-refractivity contribution in [2.75, 3.05) is 6.54 Å². The van der Waals surface area contributed by atoms with Gasteiger partial charge in [0.25, 0.3) is 0 Å². The van der Waals surface area contributed by atoms with E-state index in [0.717, 1.165) is 24.4 Å². The minimum absolute atomic E-state index is 0.299. The molecule has 1 aromatic carbocycles. The Kier molecular flexibility index (Phi) is 5.40. The zero-order chi connectivity index (χ0) is 13.5. The van der Waals surface area contributed by atoms with Gasteiger partial charge in [0.1, 0.15) is 6.04 Å². The van der Waals surface area contributed by atoms with Crippen molar-refractivity contribution < 1.29 is 4.79 Å². The average Bonchev–Trinajstić information content (AvgIpc) is 2.92. The number of nitrogens with two attached hydrogens (primary N) is 1. The molecule has 0 heterocycles. The van der Waals surface area contributed by atoms with E-state index >= 15 is 0 Å². The van der Waals surface area contributed by atoms with E-state index < -0.39 is 0 Å². The van der Waals surface area contributed by atoms with Crippen LogP contribution < -0.4 is 11.1 Å². The van der Waals surface area contributed by atoms with Crippen molar-refractivity contribution in [1.29, 1.82) is 0 Å². The average molecular weight is 260 g/mol. The number of hydrogen-bond acceptors (Lipinski definition) is 2. The van der Waals surface area contributed by atoms with Gasteiger partial charge in [-0.2, -0.15) is 0 Å². The lowest BCUT2D eigenvalue weighted by Gasteiger charge is -2.16. The summed E-state index contributed by atoms with van der Waals surface area (Å²) < 4.78 is 0. The molecular formula is C16H24N2O. The van der Waals surface area contributed by atoms with Gasteiger partial charge in [-0.25, -0.2) is 0 Å². The van der Waals surface area contributed by atoms with Crippen LogP contribution in [0.25, 0.3) is 0 Å².